The van der Waals surface area contributed by atoms with E-state index in [0.29, 0.717) is 6.04 Å². The average molecular weight is 254 g/mol. The van der Waals surface area contributed by atoms with Gasteiger partial charge in [-0.1, -0.05) is 43.3 Å². The smallest absolute Gasteiger partial charge is 0.0445 e. The number of benzene rings is 2. The topological polar surface area (TPSA) is 15.3 Å². The molecule has 0 atom stereocenters. The van der Waals surface area contributed by atoms with Gasteiger partial charge in [0.05, 0.1) is 0 Å². The molecule has 2 nitrogen and oxygen atoms in total. The second-order valence-corrected chi connectivity index (χ2v) is 5.32. The van der Waals surface area contributed by atoms with Gasteiger partial charge in [-0.2, -0.15) is 0 Å². The maximum absolute atomic E-state index is 3.57. The molecule has 1 fully saturated rings. The second kappa shape index (κ2) is 5.62. The van der Waals surface area contributed by atoms with Crippen LogP contribution in [0.25, 0.3) is 10.8 Å². The van der Waals surface area contributed by atoms with Crippen molar-refractivity contribution < 1.29 is 0 Å². The average Bonchev–Trinajstić information content (AvgIpc) is 2.48. The van der Waals surface area contributed by atoms with Crippen molar-refractivity contribution in [2.45, 2.75) is 25.8 Å². The lowest BCUT2D eigenvalue weighted by molar-refractivity contribution is 0.424. The van der Waals surface area contributed by atoms with Gasteiger partial charge in [0.1, 0.15) is 0 Å². The molecule has 19 heavy (non-hydrogen) atoms. The minimum atomic E-state index is 0.705. The van der Waals surface area contributed by atoms with E-state index < -0.39 is 0 Å². The fraction of sp³-hybridized carbons (Fsp3) is 0.412. The lowest BCUT2D eigenvalue weighted by Crippen LogP contribution is -2.42. The first-order valence-electron chi connectivity index (χ1n) is 7.34. The number of hydrogen-bond acceptors (Lipinski definition) is 2. The third-order valence-corrected chi connectivity index (χ3v) is 4.10. The minimum Gasteiger partial charge on any atom is -0.371 e. The van der Waals surface area contributed by atoms with Crippen LogP contribution >= 0.6 is 0 Å². The molecule has 1 N–H and O–H groups in total. The van der Waals surface area contributed by atoms with Crippen molar-refractivity contribution in [2.75, 3.05) is 24.5 Å². The van der Waals surface area contributed by atoms with Crippen LogP contribution in [0.2, 0.25) is 0 Å². The maximum atomic E-state index is 3.57. The third-order valence-electron chi connectivity index (χ3n) is 4.10. The molecule has 1 heterocycles. The van der Waals surface area contributed by atoms with Crippen LogP contribution in [0.1, 0.15) is 19.8 Å². The SMILES string of the molecule is CCNC1CCN(c2cccc3ccccc23)CC1. The highest BCUT2D eigenvalue weighted by Gasteiger charge is 2.19. The summed E-state index contributed by atoms with van der Waals surface area (Å²) in [6.07, 6.45) is 2.49. The standard InChI is InChI=1S/C17H22N2/c1-2-18-15-10-12-19(13-11-15)17-9-5-7-14-6-3-4-8-16(14)17/h3-9,15,18H,2,10-13H2,1H3. The predicted octanol–water partition coefficient (Wildman–Crippen LogP) is 3.42. The predicted molar refractivity (Wildman–Crippen MR) is 82.9 cm³/mol. The molecular formula is C17H22N2. The van der Waals surface area contributed by atoms with Gasteiger partial charge in [0.25, 0.3) is 0 Å². The summed E-state index contributed by atoms with van der Waals surface area (Å²) in [4.78, 5) is 2.54. The van der Waals surface area contributed by atoms with Crippen molar-refractivity contribution in [3.8, 4) is 0 Å². The van der Waals surface area contributed by atoms with Gasteiger partial charge in [0.2, 0.25) is 0 Å². The Morgan fingerprint density at radius 1 is 1.05 bits per heavy atom. The Morgan fingerprint density at radius 3 is 2.58 bits per heavy atom. The molecule has 0 unspecified atom stereocenters. The molecule has 3 rings (SSSR count). The van der Waals surface area contributed by atoms with Gasteiger partial charge in [-0.3, -0.25) is 0 Å². The quantitative estimate of drug-likeness (QED) is 0.903. The van der Waals surface area contributed by atoms with Crippen molar-refractivity contribution >= 4 is 16.5 Å². The molecule has 0 spiro atoms. The molecule has 0 radical (unpaired) electrons. The number of hydrogen-bond donors (Lipinski definition) is 1. The largest absolute Gasteiger partial charge is 0.371 e. The Bertz CT molecular complexity index is 536. The van der Waals surface area contributed by atoms with Gasteiger partial charge in [-0.15, -0.1) is 0 Å². The zero-order valence-corrected chi connectivity index (χ0v) is 11.6. The summed E-state index contributed by atoms with van der Waals surface area (Å²) in [6.45, 7) is 5.59. The molecule has 1 aliphatic heterocycles. The first-order valence-corrected chi connectivity index (χ1v) is 7.34. The van der Waals surface area contributed by atoms with Crippen LogP contribution in [-0.2, 0) is 0 Å². The summed E-state index contributed by atoms with van der Waals surface area (Å²) >= 11 is 0. The van der Waals surface area contributed by atoms with Crippen LogP contribution in [0, 0.1) is 0 Å². The monoisotopic (exact) mass is 254 g/mol. The first kappa shape index (κ1) is 12.5. The van der Waals surface area contributed by atoms with E-state index in [9.17, 15) is 0 Å². The highest BCUT2D eigenvalue weighted by Crippen LogP contribution is 2.28. The molecule has 2 heteroatoms. The van der Waals surface area contributed by atoms with Gasteiger partial charge in [0, 0.05) is 30.2 Å². The molecule has 0 bridgehead atoms. The molecule has 0 saturated carbocycles. The fourth-order valence-electron chi connectivity index (χ4n) is 3.10. The van der Waals surface area contributed by atoms with E-state index in [4.69, 9.17) is 0 Å². The number of fused-ring (bicyclic) bond motifs is 1. The Labute approximate surface area is 115 Å². The van der Waals surface area contributed by atoms with Gasteiger partial charge < -0.3 is 10.2 Å². The molecule has 100 valence electrons. The molecule has 0 amide bonds. The Morgan fingerprint density at radius 2 is 1.79 bits per heavy atom. The third kappa shape index (κ3) is 2.59. The molecule has 2 aromatic carbocycles. The molecule has 1 aliphatic rings. The highest BCUT2D eigenvalue weighted by atomic mass is 15.1. The van der Waals surface area contributed by atoms with E-state index in [1.165, 1.54) is 29.3 Å². The lowest BCUT2D eigenvalue weighted by atomic mass is 10.0. The van der Waals surface area contributed by atoms with Gasteiger partial charge in [0.15, 0.2) is 0 Å². The van der Waals surface area contributed by atoms with Crippen molar-refractivity contribution in [3.05, 3.63) is 42.5 Å². The number of anilines is 1. The second-order valence-electron chi connectivity index (χ2n) is 5.32. The van der Waals surface area contributed by atoms with Gasteiger partial charge in [-0.25, -0.2) is 0 Å². The zero-order chi connectivity index (χ0) is 13.1. The summed E-state index contributed by atoms with van der Waals surface area (Å²) < 4.78 is 0. The van der Waals surface area contributed by atoms with E-state index in [-0.39, 0.29) is 0 Å². The van der Waals surface area contributed by atoms with Gasteiger partial charge >= 0.3 is 0 Å². The number of nitrogens with zero attached hydrogens (tertiary/aromatic N) is 1. The molecule has 1 saturated heterocycles. The summed E-state index contributed by atoms with van der Waals surface area (Å²) in [7, 11) is 0. The number of nitrogens with one attached hydrogen (secondary N) is 1. The van der Waals surface area contributed by atoms with E-state index in [1.807, 2.05) is 0 Å². The van der Waals surface area contributed by atoms with E-state index in [1.54, 1.807) is 0 Å². The number of rotatable bonds is 3. The van der Waals surface area contributed by atoms with Crippen molar-refractivity contribution in [3.63, 3.8) is 0 Å². The van der Waals surface area contributed by atoms with Crippen LogP contribution in [0.15, 0.2) is 42.5 Å². The minimum absolute atomic E-state index is 0.705. The zero-order valence-electron chi connectivity index (χ0n) is 11.6. The summed E-state index contributed by atoms with van der Waals surface area (Å²) in [6, 6.07) is 16.0. The fourth-order valence-corrected chi connectivity index (χ4v) is 3.10. The summed E-state index contributed by atoms with van der Waals surface area (Å²) in [5, 5.41) is 6.29. The van der Waals surface area contributed by atoms with Crippen molar-refractivity contribution in [1.29, 1.82) is 0 Å². The van der Waals surface area contributed by atoms with Gasteiger partial charge in [-0.05, 0) is 30.8 Å². The van der Waals surface area contributed by atoms with Crippen LogP contribution in [0.4, 0.5) is 5.69 Å². The Hall–Kier alpha value is -1.54. The van der Waals surface area contributed by atoms with Crippen LogP contribution < -0.4 is 10.2 Å². The first-order chi connectivity index (χ1) is 9.38. The molecular weight excluding hydrogens is 232 g/mol. The van der Waals surface area contributed by atoms with Crippen molar-refractivity contribution in [1.82, 2.24) is 5.32 Å². The molecule has 0 aliphatic carbocycles. The van der Waals surface area contributed by atoms with Crippen LogP contribution in [0.5, 0.6) is 0 Å². The number of piperidine rings is 1. The van der Waals surface area contributed by atoms with E-state index in [2.05, 4.69) is 59.6 Å². The summed E-state index contributed by atoms with van der Waals surface area (Å²) in [5.41, 5.74) is 1.40. The summed E-state index contributed by atoms with van der Waals surface area (Å²) in [5.74, 6) is 0. The van der Waals surface area contributed by atoms with Crippen LogP contribution in [-0.4, -0.2) is 25.7 Å². The van der Waals surface area contributed by atoms with Crippen molar-refractivity contribution in [2.24, 2.45) is 0 Å². The Kier molecular flexibility index (Phi) is 3.69. The Balaban J connectivity index is 1.82. The molecule has 2 aromatic rings. The molecule has 0 aromatic heterocycles. The van der Waals surface area contributed by atoms with E-state index >= 15 is 0 Å². The maximum Gasteiger partial charge on any atom is 0.0445 e. The van der Waals surface area contributed by atoms with E-state index in [0.717, 1.165) is 19.6 Å². The highest BCUT2D eigenvalue weighted by molar-refractivity contribution is 5.94. The normalized spacial score (nSPS) is 17.0. The van der Waals surface area contributed by atoms with Crippen LogP contribution in [0.3, 0.4) is 0 Å². The lowest BCUT2D eigenvalue weighted by Gasteiger charge is -2.34.